The Bertz CT molecular complexity index is 748. The molecule has 2 aromatic heterocycles. The average Bonchev–Trinajstić information content (AvgIpc) is 3.28. The molecule has 0 aliphatic carbocycles. The zero-order chi connectivity index (χ0) is 15.6. The number of H-pyrrole nitrogens is 1. The Morgan fingerprint density at radius 2 is 1.96 bits per heavy atom. The van der Waals surface area contributed by atoms with E-state index in [-0.39, 0.29) is 0 Å². The zero-order valence-electron chi connectivity index (χ0n) is 13.4. The molecule has 2 atom stereocenters. The molecule has 0 spiro atoms. The highest BCUT2D eigenvalue weighted by Crippen LogP contribution is 2.33. The van der Waals surface area contributed by atoms with E-state index in [0.717, 1.165) is 34.3 Å². The maximum atomic E-state index is 5.25. The number of fused-ring (bicyclic) bond motifs is 3. The zero-order valence-corrected chi connectivity index (χ0v) is 13.4. The quantitative estimate of drug-likeness (QED) is 0.741. The highest BCUT2D eigenvalue weighted by molar-refractivity contribution is 5.82. The maximum absolute atomic E-state index is 5.25. The Morgan fingerprint density at radius 3 is 2.65 bits per heavy atom. The summed E-state index contributed by atoms with van der Waals surface area (Å²) in [4.78, 5) is 2.59. The van der Waals surface area contributed by atoms with Crippen molar-refractivity contribution in [1.29, 1.82) is 0 Å². The fourth-order valence-electron chi connectivity index (χ4n) is 3.84. The molecule has 1 aromatic carbocycles. The SMILES string of the molecule is CN1C2CCCC1CC2.c1cc2cc(-c3cn[nH]n3)ccc2o1. The van der Waals surface area contributed by atoms with E-state index in [1.54, 1.807) is 12.5 Å². The van der Waals surface area contributed by atoms with E-state index in [1.165, 1.54) is 32.1 Å². The molecule has 120 valence electrons. The number of nitrogens with one attached hydrogen (secondary N) is 1. The van der Waals surface area contributed by atoms with Gasteiger partial charge in [-0.25, -0.2) is 0 Å². The van der Waals surface area contributed by atoms with Crippen molar-refractivity contribution in [3.8, 4) is 11.3 Å². The average molecular weight is 310 g/mol. The molecule has 0 radical (unpaired) electrons. The first kappa shape index (κ1) is 14.5. The van der Waals surface area contributed by atoms with Crippen LogP contribution in [0.15, 0.2) is 41.1 Å². The van der Waals surface area contributed by atoms with Crippen molar-refractivity contribution in [2.24, 2.45) is 0 Å². The van der Waals surface area contributed by atoms with Crippen LogP contribution < -0.4 is 0 Å². The second-order valence-electron chi connectivity index (χ2n) is 6.51. The highest BCUT2D eigenvalue weighted by atomic mass is 16.3. The third kappa shape index (κ3) is 2.88. The predicted molar refractivity (Wildman–Crippen MR) is 90.0 cm³/mol. The van der Waals surface area contributed by atoms with Gasteiger partial charge < -0.3 is 9.32 Å². The molecule has 5 nitrogen and oxygen atoms in total. The van der Waals surface area contributed by atoms with Crippen molar-refractivity contribution in [2.45, 2.75) is 44.2 Å². The molecule has 4 heterocycles. The van der Waals surface area contributed by atoms with E-state index in [9.17, 15) is 0 Å². The van der Waals surface area contributed by atoms with Crippen molar-refractivity contribution >= 4 is 11.0 Å². The molecule has 23 heavy (non-hydrogen) atoms. The van der Waals surface area contributed by atoms with Crippen molar-refractivity contribution < 1.29 is 4.42 Å². The predicted octanol–water partition coefficient (Wildman–Crippen LogP) is 3.85. The topological polar surface area (TPSA) is 58.0 Å². The van der Waals surface area contributed by atoms with Crippen LogP contribution in [-0.2, 0) is 0 Å². The van der Waals surface area contributed by atoms with Crippen LogP contribution in [0.1, 0.15) is 32.1 Å². The Kier molecular flexibility index (Phi) is 3.87. The van der Waals surface area contributed by atoms with Gasteiger partial charge in [0.25, 0.3) is 0 Å². The third-order valence-electron chi connectivity index (χ3n) is 5.22. The molecule has 5 heteroatoms. The summed E-state index contributed by atoms with van der Waals surface area (Å²) >= 11 is 0. The van der Waals surface area contributed by atoms with Gasteiger partial charge in [-0.3, -0.25) is 0 Å². The number of benzene rings is 1. The summed E-state index contributed by atoms with van der Waals surface area (Å²) in [6, 6.07) is 9.77. The fourth-order valence-corrected chi connectivity index (χ4v) is 3.84. The second kappa shape index (κ2) is 6.16. The van der Waals surface area contributed by atoms with Gasteiger partial charge >= 0.3 is 0 Å². The first-order chi connectivity index (χ1) is 11.3. The molecule has 2 saturated heterocycles. The number of aromatic amines is 1. The van der Waals surface area contributed by atoms with E-state index >= 15 is 0 Å². The lowest BCUT2D eigenvalue weighted by Gasteiger charge is -2.30. The molecule has 2 bridgehead atoms. The van der Waals surface area contributed by atoms with Crippen LogP contribution in [0.4, 0.5) is 0 Å². The number of piperidine rings is 1. The summed E-state index contributed by atoms with van der Waals surface area (Å²) in [6.07, 6.45) is 10.7. The molecular formula is C18H22N4O. The van der Waals surface area contributed by atoms with Crippen molar-refractivity contribution in [3.63, 3.8) is 0 Å². The van der Waals surface area contributed by atoms with Crippen LogP contribution in [0.2, 0.25) is 0 Å². The molecule has 2 aliphatic heterocycles. The van der Waals surface area contributed by atoms with Gasteiger partial charge in [0.1, 0.15) is 11.3 Å². The highest BCUT2D eigenvalue weighted by Gasteiger charge is 2.33. The lowest BCUT2D eigenvalue weighted by Crippen LogP contribution is -2.35. The van der Waals surface area contributed by atoms with Crippen molar-refractivity contribution in [1.82, 2.24) is 20.3 Å². The minimum absolute atomic E-state index is 0.841. The summed E-state index contributed by atoms with van der Waals surface area (Å²) < 4.78 is 5.25. The third-order valence-corrected chi connectivity index (χ3v) is 5.22. The van der Waals surface area contributed by atoms with Gasteiger partial charge in [-0.05, 0) is 57.0 Å². The van der Waals surface area contributed by atoms with Crippen molar-refractivity contribution in [3.05, 3.63) is 36.7 Å². The first-order valence-electron chi connectivity index (χ1n) is 8.36. The summed E-state index contributed by atoms with van der Waals surface area (Å²) in [7, 11) is 2.29. The molecule has 2 unspecified atom stereocenters. The Balaban J connectivity index is 0.000000130. The second-order valence-corrected chi connectivity index (χ2v) is 6.51. The van der Waals surface area contributed by atoms with E-state index in [2.05, 4.69) is 27.4 Å². The van der Waals surface area contributed by atoms with E-state index in [1.807, 2.05) is 24.3 Å². The molecule has 5 rings (SSSR count). The lowest BCUT2D eigenvalue weighted by molar-refractivity contribution is 0.179. The number of hydrogen-bond acceptors (Lipinski definition) is 4. The van der Waals surface area contributed by atoms with Crippen LogP contribution in [-0.4, -0.2) is 39.4 Å². The summed E-state index contributed by atoms with van der Waals surface area (Å²) in [6.45, 7) is 0. The molecule has 2 fully saturated rings. The molecular weight excluding hydrogens is 288 g/mol. The summed E-state index contributed by atoms with van der Waals surface area (Å²) in [5.74, 6) is 0. The van der Waals surface area contributed by atoms with Gasteiger partial charge in [-0.2, -0.15) is 15.4 Å². The first-order valence-corrected chi connectivity index (χ1v) is 8.36. The van der Waals surface area contributed by atoms with Crippen LogP contribution in [0.5, 0.6) is 0 Å². The molecule has 3 aromatic rings. The minimum atomic E-state index is 0.841. The Morgan fingerprint density at radius 1 is 1.13 bits per heavy atom. The lowest BCUT2D eigenvalue weighted by atomic mass is 10.0. The molecule has 0 saturated carbocycles. The summed E-state index contributed by atoms with van der Waals surface area (Å²) in [5, 5.41) is 11.4. The number of nitrogens with zero attached hydrogens (tertiary/aromatic N) is 3. The van der Waals surface area contributed by atoms with E-state index < -0.39 is 0 Å². The fraction of sp³-hybridized carbons (Fsp3) is 0.444. The van der Waals surface area contributed by atoms with Gasteiger partial charge in [-0.15, -0.1) is 0 Å². The molecule has 0 amide bonds. The Labute approximate surface area is 135 Å². The van der Waals surface area contributed by atoms with Gasteiger partial charge in [0.05, 0.1) is 12.5 Å². The number of furan rings is 1. The Hall–Kier alpha value is -2.14. The largest absolute Gasteiger partial charge is 0.464 e. The molecule has 2 aliphatic rings. The monoisotopic (exact) mass is 310 g/mol. The van der Waals surface area contributed by atoms with Crippen LogP contribution in [0.25, 0.3) is 22.2 Å². The van der Waals surface area contributed by atoms with E-state index in [0.29, 0.717) is 0 Å². The van der Waals surface area contributed by atoms with Gasteiger partial charge in [-0.1, -0.05) is 6.42 Å². The van der Waals surface area contributed by atoms with Gasteiger partial charge in [0.2, 0.25) is 0 Å². The summed E-state index contributed by atoms with van der Waals surface area (Å²) in [5.41, 5.74) is 2.76. The van der Waals surface area contributed by atoms with Gasteiger partial charge in [0.15, 0.2) is 0 Å². The van der Waals surface area contributed by atoms with Crippen LogP contribution in [0, 0.1) is 0 Å². The number of aromatic nitrogens is 3. The normalized spacial score (nSPS) is 23.7. The maximum Gasteiger partial charge on any atom is 0.133 e. The van der Waals surface area contributed by atoms with Gasteiger partial charge in [0, 0.05) is 23.0 Å². The molecule has 1 N–H and O–H groups in total. The van der Waals surface area contributed by atoms with Crippen LogP contribution in [0.3, 0.4) is 0 Å². The van der Waals surface area contributed by atoms with Crippen LogP contribution >= 0.6 is 0 Å². The smallest absolute Gasteiger partial charge is 0.133 e. The number of hydrogen-bond donors (Lipinski definition) is 1. The standard InChI is InChI=1S/C10H7N3O.C8H15N/c1-2-10-8(3-4-14-10)5-7(1)9-6-11-13-12-9;1-9-7-3-2-4-8(9)6-5-7/h1-6H,(H,11,12,13);7-8H,2-6H2,1H3. The van der Waals surface area contributed by atoms with E-state index in [4.69, 9.17) is 4.42 Å². The number of rotatable bonds is 1. The van der Waals surface area contributed by atoms with Crippen molar-refractivity contribution in [2.75, 3.05) is 7.05 Å². The minimum Gasteiger partial charge on any atom is -0.464 e.